The molecule has 29 heavy (non-hydrogen) atoms. The van der Waals surface area contributed by atoms with Gasteiger partial charge in [0.25, 0.3) is 5.91 Å². The Morgan fingerprint density at radius 3 is 2.31 bits per heavy atom. The minimum Gasteiger partial charge on any atom is -0.493 e. The minimum atomic E-state index is -0.159. The van der Waals surface area contributed by atoms with E-state index in [4.69, 9.17) is 9.47 Å². The Morgan fingerprint density at radius 1 is 0.862 bits per heavy atom. The average Bonchev–Trinajstić information content (AvgIpc) is 2.71. The van der Waals surface area contributed by atoms with Gasteiger partial charge in [0.2, 0.25) is 0 Å². The molecule has 1 N–H and O–H groups in total. The van der Waals surface area contributed by atoms with Crippen LogP contribution >= 0.6 is 0 Å². The third-order valence-electron chi connectivity index (χ3n) is 4.80. The highest BCUT2D eigenvalue weighted by molar-refractivity contribution is 6.04. The van der Waals surface area contributed by atoms with Gasteiger partial charge >= 0.3 is 0 Å². The fourth-order valence-corrected chi connectivity index (χ4v) is 2.95. The van der Waals surface area contributed by atoms with Gasteiger partial charge in [-0.25, -0.2) is 0 Å². The molecule has 0 aliphatic heterocycles. The molecule has 0 heterocycles. The van der Waals surface area contributed by atoms with Gasteiger partial charge in [-0.05, 0) is 81.3 Å². The van der Waals surface area contributed by atoms with E-state index < -0.39 is 0 Å². The first-order chi connectivity index (χ1) is 14.0. The van der Waals surface area contributed by atoms with Gasteiger partial charge in [-0.1, -0.05) is 23.8 Å². The van der Waals surface area contributed by atoms with Crippen LogP contribution < -0.4 is 14.8 Å². The van der Waals surface area contributed by atoms with Gasteiger partial charge in [-0.2, -0.15) is 0 Å². The maximum absolute atomic E-state index is 12.8. The Morgan fingerprint density at radius 2 is 1.62 bits per heavy atom. The van der Waals surface area contributed by atoms with Crippen molar-refractivity contribution in [3.8, 4) is 11.5 Å². The Balaban J connectivity index is 1.78. The first-order valence-electron chi connectivity index (χ1n) is 9.80. The summed E-state index contributed by atoms with van der Waals surface area (Å²) in [5, 5.41) is 2.96. The number of carbonyl (C=O) groups excluding carboxylic acids is 1. The zero-order chi connectivity index (χ0) is 20.8. The second-order valence-electron chi connectivity index (χ2n) is 7.11. The molecule has 3 aromatic carbocycles. The molecule has 0 aliphatic carbocycles. The van der Waals surface area contributed by atoms with Crippen LogP contribution in [-0.4, -0.2) is 12.5 Å². The Hall–Kier alpha value is -3.27. The molecule has 0 bridgehead atoms. The van der Waals surface area contributed by atoms with Crippen molar-refractivity contribution in [3.63, 3.8) is 0 Å². The third kappa shape index (κ3) is 5.38. The van der Waals surface area contributed by atoms with Gasteiger partial charge < -0.3 is 14.8 Å². The van der Waals surface area contributed by atoms with Crippen LogP contribution in [0.5, 0.6) is 11.5 Å². The maximum atomic E-state index is 12.8. The lowest BCUT2D eigenvalue weighted by atomic mass is 10.1. The standard InChI is InChI=1S/C25H27NO3/c1-5-28-24-13-9-20(25(27)26-22-10-8-18(3)19(4)14-22)15-21(24)16-29-23-11-6-17(2)7-12-23/h6-15H,5,16H2,1-4H3,(H,26,27). The topological polar surface area (TPSA) is 47.6 Å². The number of anilines is 1. The highest BCUT2D eigenvalue weighted by Crippen LogP contribution is 2.24. The van der Waals surface area contributed by atoms with Crippen molar-refractivity contribution < 1.29 is 14.3 Å². The van der Waals surface area contributed by atoms with E-state index in [0.717, 1.165) is 28.3 Å². The van der Waals surface area contributed by atoms with E-state index in [0.29, 0.717) is 18.8 Å². The summed E-state index contributed by atoms with van der Waals surface area (Å²) in [5.74, 6) is 1.35. The highest BCUT2D eigenvalue weighted by atomic mass is 16.5. The Kier molecular flexibility index (Phi) is 6.55. The number of nitrogens with one attached hydrogen (secondary N) is 1. The number of amides is 1. The molecule has 0 saturated heterocycles. The maximum Gasteiger partial charge on any atom is 0.255 e. The van der Waals surface area contributed by atoms with Crippen molar-refractivity contribution in [1.82, 2.24) is 0 Å². The quantitative estimate of drug-likeness (QED) is 0.552. The van der Waals surface area contributed by atoms with Crippen LogP contribution in [-0.2, 0) is 6.61 Å². The molecule has 0 atom stereocenters. The van der Waals surface area contributed by atoms with E-state index in [1.807, 2.05) is 82.3 Å². The molecule has 4 nitrogen and oxygen atoms in total. The van der Waals surface area contributed by atoms with Crippen molar-refractivity contribution in [2.75, 3.05) is 11.9 Å². The normalized spacial score (nSPS) is 10.5. The van der Waals surface area contributed by atoms with E-state index >= 15 is 0 Å². The molecule has 0 aliphatic rings. The number of carbonyl (C=O) groups is 1. The van der Waals surface area contributed by atoms with Crippen molar-refractivity contribution in [2.24, 2.45) is 0 Å². The van der Waals surface area contributed by atoms with Crippen molar-refractivity contribution >= 4 is 11.6 Å². The van der Waals surface area contributed by atoms with E-state index in [9.17, 15) is 4.79 Å². The second-order valence-corrected chi connectivity index (χ2v) is 7.11. The molecular weight excluding hydrogens is 362 g/mol. The van der Waals surface area contributed by atoms with Gasteiger partial charge in [0, 0.05) is 16.8 Å². The molecule has 0 aromatic heterocycles. The van der Waals surface area contributed by atoms with Crippen LogP contribution in [0.2, 0.25) is 0 Å². The van der Waals surface area contributed by atoms with Gasteiger partial charge in [0.1, 0.15) is 18.1 Å². The summed E-state index contributed by atoms with van der Waals surface area (Å²) in [5.41, 5.74) is 5.69. The minimum absolute atomic E-state index is 0.159. The fourth-order valence-electron chi connectivity index (χ4n) is 2.95. The SMILES string of the molecule is CCOc1ccc(C(=O)Nc2ccc(C)c(C)c2)cc1COc1ccc(C)cc1. The number of rotatable bonds is 7. The molecule has 0 fully saturated rings. The van der Waals surface area contributed by atoms with E-state index in [2.05, 4.69) is 5.32 Å². The van der Waals surface area contributed by atoms with Crippen LogP contribution in [0, 0.1) is 20.8 Å². The smallest absolute Gasteiger partial charge is 0.255 e. The summed E-state index contributed by atoms with van der Waals surface area (Å²) < 4.78 is 11.6. The summed E-state index contributed by atoms with van der Waals surface area (Å²) in [6, 6.07) is 19.2. The number of aryl methyl sites for hydroxylation is 3. The average molecular weight is 389 g/mol. The fraction of sp³-hybridized carbons (Fsp3) is 0.240. The van der Waals surface area contributed by atoms with E-state index in [-0.39, 0.29) is 5.91 Å². The van der Waals surface area contributed by atoms with Crippen molar-refractivity contribution in [3.05, 3.63) is 88.5 Å². The van der Waals surface area contributed by atoms with Crippen molar-refractivity contribution in [1.29, 1.82) is 0 Å². The molecule has 0 unspecified atom stereocenters. The largest absolute Gasteiger partial charge is 0.493 e. The molecule has 0 saturated carbocycles. The highest BCUT2D eigenvalue weighted by Gasteiger charge is 2.12. The Bertz CT molecular complexity index is 993. The predicted molar refractivity (Wildman–Crippen MR) is 117 cm³/mol. The van der Waals surface area contributed by atoms with Crippen LogP contribution in [0.4, 0.5) is 5.69 Å². The van der Waals surface area contributed by atoms with Gasteiger partial charge in [0.05, 0.1) is 6.61 Å². The van der Waals surface area contributed by atoms with Gasteiger partial charge in [0.15, 0.2) is 0 Å². The number of benzene rings is 3. The van der Waals surface area contributed by atoms with E-state index in [1.165, 1.54) is 11.1 Å². The monoisotopic (exact) mass is 389 g/mol. The lowest BCUT2D eigenvalue weighted by Crippen LogP contribution is -2.13. The van der Waals surface area contributed by atoms with Crippen LogP contribution in [0.15, 0.2) is 60.7 Å². The van der Waals surface area contributed by atoms with Crippen LogP contribution in [0.3, 0.4) is 0 Å². The lowest BCUT2D eigenvalue weighted by Gasteiger charge is -2.14. The molecule has 0 radical (unpaired) electrons. The molecule has 150 valence electrons. The van der Waals surface area contributed by atoms with Crippen LogP contribution in [0.1, 0.15) is 39.5 Å². The summed E-state index contributed by atoms with van der Waals surface area (Å²) in [7, 11) is 0. The molecule has 3 aromatic rings. The second kappa shape index (κ2) is 9.28. The number of hydrogen-bond acceptors (Lipinski definition) is 3. The summed E-state index contributed by atoms with van der Waals surface area (Å²) in [6.07, 6.45) is 0. The first kappa shape index (κ1) is 20.5. The summed E-state index contributed by atoms with van der Waals surface area (Å²) in [6.45, 7) is 8.92. The zero-order valence-corrected chi connectivity index (χ0v) is 17.4. The molecule has 0 spiro atoms. The number of hydrogen-bond donors (Lipinski definition) is 1. The molecule has 1 amide bonds. The first-order valence-corrected chi connectivity index (χ1v) is 9.80. The number of ether oxygens (including phenoxy) is 2. The Labute approximate surface area is 172 Å². The molecular formula is C25H27NO3. The molecule has 4 heteroatoms. The summed E-state index contributed by atoms with van der Waals surface area (Å²) >= 11 is 0. The summed E-state index contributed by atoms with van der Waals surface area (Å²) in [4.78, 5) is 12.8. The van der Waals surface area contributed by atoms with Crippen LogP contribution in [0.25, 0.3) is 0 Å². The lowest BCUT2D eigenvalue weighted by molar-refractivity contribution is 0.102. The van der Waals surface area contributed by atoms with Gasteiger partial charge in [-0.3, -0.25) is 4.79 Å². The third-order valence-corrected chi connectivity index (χ3v) is 4.80. The van der Waals surface area contributed by atoms with E-state index in [1.54, 1.807) is 6.07 Å². The molecule has 3 rings (SSSR count). The van der Waals surface area contributed by atoms with Gasteiger partial charge in [-0.15, -0.1) is 0 Å². The van der Waals surface area contributed by atoms with Crippen molar-refractivity contribution in [2.45, 2.75) is 34.3 Å². The zero-order valence-electron chi connectivity index (χ0n) is 17.4. The predicted octanol–water partition coefficient (Wildman–Crippen LogP) is 5.84.